The van der Waals surface area contributed by atoms with E-state index in [0.29, 0.717) is 5.56 Å². The van der Waals surface area contributed by atoms with Crippen LogP contribution in [0.15, 0.2) is 47.4 Å². The van der Waals surface area contributed by atoms with Gasteiger partial charge >= 0.3 is 5.97 Å². The van der Waals surface area contributed by atoms with Crippen LogP contribution < -0.4 is 4.72 Å². The van der Waals surface area contributed by atoms with Crippen LogP contribution in [0, 0.1) is 6.92 Å². The average molecular weight is 326 g/mol. The SMILES string of the molecule is Cc1ccc(Cl)cc1S(=O)(=O)Nc1ccccc1C(=O)O. The molecule has 0 radical (unpaired) electrons. The molecule has 21 heavy (non-hydrogen) atoms. The minimum Gasteiger partial charge on any atom is -0.478 e. The minimum absolute atomic E-state index is 0.00405. The maximum absolute atomic E-state index is 12.4. The number of sulfonamides is 1. The van der Waals surface area contributed by atoms with Gasteiger partial charge in [-0.2, -0.15) is 0 Å². The molecule has 110 valence electrons. The number of anilines is 1. The molecule has 0 amide bonds. The Morgan fingerprint density at radius 3 is 2.52 bits per heavy atom. The van der Waals surface area contributed by atoms with Crippen LogP contribution in [0.25, 0.3) is 0 Å². The Kier molecular flexibility index (Phi) is 4.20. The quantitative estimate of drug-likeness (QED) is 0.904. The molecule has 0 fully saturated rings. The first-order valence-electron chi connectivity index (χ1n) is 5.92. The summed E-state index contributed by atoms with van der Waals surface area (Å²) in [6.07, 6.45) is 0. The van der Waals surface area contributed by atoms with E-state index in [9.17, 15) is 13.2 Å². The predicted octanol–water partition coefficient (Wildman–Crippen LogP) is 3.15. The summed E-state index contributed by atoms with van der Waals surface area (Å²) in [5, 5.41) is 9.36. The van der Waals surface area contributed by atoms with Crippen LogP contribution in [0.2, 0.25) is 5.02 Å². The van der Waals surface area contributed by atoms with Crippen molar-refractivity contribution in [2.45, 2.75) is 11.8 Å². The van der Waals surface area contributed by atoms with E-state index in [0.717, 1.165) is 0 Å². The van der Waals surface area contributed by atoms with E-state index in [1.165, 1.54) is 24.3 Å². The summed E-state index contributed by atoms with van der Waals surface area (Å²) in [6, 6.07) is 10.3. The first-order chi connectivity index (χ1) is 9.81. The lowest BCUT2D eigenvalue weighted by Crippen LogP contribution is -2.16. The van der Waals surface area contributed by atoms with E-state index in [2.05, 4.69) is 4.72 Å². The van der Waals surface area contributed by atoms with Gasteiger partial charge in [0.05, 0.1) is 16.1 Å². The molecule has 0 atom stereocenters. The van der Waals surface area contributed by atoms with Crippen LogP contribution in [0.1, 0.15) is 15.9 Å². The molecule has 0 unspecified atom stereocenters. The highest BCUT2D eigenvalue weighted by Crippen LogP contribution is 2.24. The van der Waals surface area contributed by atoms with Gasteiger partial charge in [-0.1, -0.05) is 29.8 Å². The molecule has 2 aromatic rings. The van der Waals surface area contributed by atoms with Crippen molar-refractivity contribution in [2.75, 3.05) is 4.72 Å². The number of para-hydroxylation sites is 1. The number of nitrogens with one attached hydrogen (secondary N) is 1. The van der Waals surface area contributed by atoms with Gasteiger partial charge in [0.25, 0.3) is 10.0 Å². The Morgan fingerprint density at radius 1 is 1.19 bits per heavy atom. The summed E-state index contributed by atoms with van der Waals surface area (Å²) in [4.78, 5) is 11.1. The number of aryl methyl sites for hydroxylation is 1. The highest BCUT2D eigenvalue weighted by atomic mass is 35.5. The Balaban J connectivity index is 2.48. The summed E-state index contributed by atoms with van der Waals surface area (Å²) in [5.74, 6) is -1.21. The maximum Gasteiger partial charge on any atom is 0.337 e. The van der Waals surface area contributed by atoms with Crippen LogP contribution in [0.3, 0.4) is 0 Å². The third-order valence-corrected chi connectivity index (χ3v) is 4.58. The summed E-state index contributed by atoms with van der Waals surface area (Å²) in [7, 11) is -3.92. The van der Waals surface area contributed by atoms with E-state index in [1.807, 2.05) is 0 Å². The van der Waals surface area contributed by atoms with Gasteiger partial charge in [-0.15, -0.1) is 0 Å². The third kappa shape index (κ3) is 3.34. The molecule has 0 aromatic heterocycles. The van der Waals surface area contributed by atoms with Crippen LogP contribution in [0.4, 0.5) is 5.69 Å². The molecule has 0 aliphatic rings. The van der Waals surface area contributed by atoms with E-state index in [-0.39, 0.29) is 21.2 Å². The van der Waals surface area contributed by atoms with Crippen LogP contribution in [0.5, 0.6) is 0 Å². The van der Waals surface area contributed by atoms with Crippen molar-refractivity contribution in [3.8, 4) is 0 Å². The fourth-order valence-corrected chi connectivity index (χ4v) is 3.41. The topological polar surface area (TPSA) is 83.5 Å². The van der Waals surface area contributed by atoms with E-state index < -0.39 is 16.0 Å². The van der Waals surface area contributed by atoms with Gasteiger partial charge in [-0.25, -0.2) is 13.2 Å². The number of aromatic carboxylic acids is 1. The van der Waals surface area contributed by atoms with Crippen LogP contribution in [-0.2, 0) is 10.0 Å². The first kappa shape index (κ1) is 15.3. The number of carboxylic acid groups (broad SMARTS) is 1. The molecule has 0 saturated heterocycles. The second-order valence-corrected chi connectivity index (χ2v) is 6.45. The van der Waals surface area contributed by atoms with Gasteiger partial charge in [-0.3, -0.25) is 4.72 Å². The highest BCUT2D eigenvalue weighted by Gasteiger charge is 2.20. The summed E-state index contributed by atoms with van der Waals surface area (Å²) in [6.45, 7) is 1.63. The lowest BCUT2D eigenvalue weighted by Gasteiger charge is -2.12. The largest absolute Gasteiger partial charge is 0.478 e. The van der Waals surface area contributed by atoms with Gasteiger partial charge in [0.15, 0.2) is 0 Å². The Bertz CT molecular complexity index is 802. The fourth-order valence-electron chi connectivity index (χ4n) is 1.82. The van der Waals surface area contributed by atoms with Gasteiger partial charge in [0, 0.05) is 5.02 Å². The lowest BCUT2D eigenvalue weighted by atomic mass is 10.2. The van der Waals surface area contributed by atoms with E-state index in [4.69, 9.17) is 16.7 Å². The molecule has 2 aromatic carbocycles. The molecule has 0 heterocycles. The van der Waals surface area contributed by atoms with E-state index in [1.54, 1.807) is 25.1 Å². The summed E-state index contributed by atoms with van der Waals surface area (Å²) in [5.41, 5.74) is 0.393. The van der Waals surface area contributed by atoms with Crippen molar-refractivity contribution in [3.63, 3.8) is 0 Å². The number of hydrogen-bond donors (Lipinski definition) is 2. The number of halogens is 1. The number of carboxylic acids is 1. The van der Waals surface area contributed by atoms with Gasteiger partial charge in [0.1, 0.15) is 0 Å². The molecule has 5 nitrogen and oxygen atoms in total. The second-order valence-electron chi connectivity index (χ2n) is 4.37. The maximum atomic E-state index is 12.4. The van der Waals surface area contributed by atoms with Crippen molar-refractivity contribution in [3.05, 3.63) is 58.6 Å². The monoisotopic (exact) mass is 325 g/mol. The minimum atomic E-state index is -3.92. The number of hydrogen-bond acceptors (Lipinski definition) is 3. The number of carbonyl (C=O) groups is 1. The Hall–Kier alpha value is -2.05. The number of rotatable bonds is 4. The smallest absolute Gasteiger partial charge is 0.337 e. The van der Waals surface area contributed by atoms with Crippen molar-refractivity contribution in [1.29, 1.82) is 0 Å². The molecule has 0 aliphatic heterocycles. The standard InChI is InChI=1S/C14H12ClNO4S/c1-9-6-7-10(15)8-13(9)21(19,20)16-12-5-3-2-4-11(12)14(17)18/h2-8,16H,1H3,(H,17,18). The van der Waals surface area contributed by atoms with Crippen molar-refractivity contribution in [1.82, 2.24) is 0 Å². The third-order valence-electron chi connectivity index (χ3n) is 2.84. The van der Waals surface area contributed by atoms with E-state index >= 15 is 0 Å². The average Bonchev–Trinajstić information content (AvgIpc) is 2.41. The molecule has 7 heteroatoms. The zero-order chi connectivity index (χ0) is 15.6. The highest BCUT2D eigenvalue weighted by molar-refractivity contribution is 7.92. The van der Waals surface area contributed by atoms with Crippen molar-refractivity contribution >= 4 is 33.3 Å². The van der Waals surface area contributed by atoms with Crippen LogP contribution >= 0.6 is 11.6 Å². The Labute approximate surface area is 127 Å². The molecular weight excluding hydrogens is 314 g/mol. The fraction of sp³-hybridized carbons (Fsp3) is 0.0714. The molecule has 0 spiro atoms. The zero-order valence-corrected chi connectivity index (χ0v) is 12.6. The first-order valence-corrected chi connectivity index (χ1v) is 7.78. The zero-order valence-electron chi connectivity index (χ0n) is 11.0. The van der Waals surface area contributed by atoms with Gasteiger partial charge in [-0.05, 0) is 36.8 Å². The van der Waals surface area contributed by atoms with Crippen molar-refractivity contribution < 1.29 is 18.3 Å². The lowest BCUT2D eigenvalue weighted by molar-refractivity contribution is 0.0698. The number of benzene rings is 2. The summed E-state index contributed by atoms with van der Waals surface area (Å²) >= 11 is 5.82. The molecule has 2 N–H and O–H groups in total. The Morgan fingerprint density at radius 2 is 1.86 bits per heavy atom. The molecule has 0 bridgehead atoms. The molecule has 0 saturated carbocycles. The second kappa shape index (κ2) is 5.75. The molecule has 2 rings (SSSR count). The van der Waals surface area contributed by atoms with Crippen molar-refractivity contribution in [2.24, 2.45) is 0 Å². The normalized spacial score (nSPS) is 11.1. The predicted molar refractivity (Wildman–Crippen MR) is 80.4 cm³/mol. The molecule has 0 aliphatic carbocycles. The van der Waals surface area contributed by atoms with Crippen LogP contribution in [-0.4, -0.2) is 19.5 Å². The summed E-state index contributed by atoms with van der Waals surface area (Å²) < 4.78 is 27.1. The molecular formula is C14H12ClNO4S. The van der Waals surface area contributed by atoms with Gasteiger partial charge in [0.2, 0.25) is 0 Å². The van der Waals surface area contributed by atoms with Gasteiger partial charge < -0.3 is 5.11 Å².